The van der Waals surface area contributed by atoms with Crippen LogP contribution in [0.15, 0.2) is 25.3 Å². The molecule has 1 heterocycles. The molecule has 1 aliphatic heterocycles. The molecule has 0 spiro atoms. The van der Waals surface area contributed by atoms with Crippen LogP contribution in [0.3, 0.4) is 0 Å². The number of rotatable bonds is 4. The zero-order valence-corrected chi connectivity index (χ0v) is 9.31. The van der Waals surface area contributed by atoms with Gasteiger partial charge in [0, 0.05) is 0 Å². The molecule has 15 heavy (non-hydrogen) atoms. The zero-order chi connectivity index (χ0) is 12.2. The van der Waals surface area contributed by atoms with Gasteiger partial charge < -0.3 is 24.2 Å². The van der Waals surface area contributed by atoms with Gasteiger partial charge in [0.05, 0.1) is 26.4 Å². The Balaban J connectivity index is 0. The average molecular weight is 240 g/mol. The minimum absolute atomic E-state index is 0.617. The molecular weight excluding hydrogens is 223 g/mol. The first-order valence-electron chi connectivity index (χ1n) is 4.07. The van der Waals surface area contributed by atoms with Crippen LogP contribution in [0.2, 0.25) is 0 Å². The fourth-order valence-corrected chi connectivity index (χ4v) is 0.235. The van der Waals surface area contributed by atoms with Crippen molar-refractivity contribution in [2.75, 3.05) is 26.4 Å². The van der Waals surface area contributed by atoms with Gasteiger partial charge in [-0.25, -0.2) is 4.57 Å². The molecule has 1 rings (SSSR count). The maximum atomic E-state index is 8.88. The van der Waals surface area contributed by atoms with Crippen molar-refractivity contribution in [3.8, 4) is 0 Å². The second-order valence-corrected chi connectivity index (χ2v) is 3.27. The summed E-state index contributed by atoms with van der Waals surface area (Å²) in [5, 5.41) is 0. The summed E-state index contributed by atoms with van der Waals surface area (Å²) >= 11 is 0. The lowest BCUT2D eigenvalue weighted by Crippen LogP contribution is -1.87. The van der Waals surface area contributed by atoms with E-state index < -0.39 is 7.82 Å². The van der Waals surface area contributed by atoms with E-state index in [1.807, 2.05) is 0 Å². The van der Waals surface area contributed by atoms with Crippen LogP contribution in [-0.4, -0.2) is 41.1 Å². The molecule has 0 aromatic rings. The predicted octanol–water partition coefficient (Wildman–Crippen LogP) is 0.463. The van der Waals surface area contributed by atoms with Crippen molar-refractivity contribution in [3.63, 3.8) is 0 Å². The molecule has 6 nitrogen and oxygen atoms in total. The van der Waals surface area contributed by atoms with Crippen LogP contribution < -0.4 is 0 Å². The van der Waals surface area contributed by atoms with Crippen LogP contribution in [0, 0.1) is 0 Å². The highest BCUT2D eigenvalue weighted by Crippen LogP contribution is 2.25. The molecule has 0 saturated carbocycles. The van der Waals surface area contributed by atoms with Gasteiger partial charge in [0.2, 0.25) is 0 Å². The zero-order valence-electron chi connectivity index (χ0n) is 8.41. The Morgan fingerprint density at radius 2 is 1.47 bits per heavy atom. The van der Waals surface area contributed by atoms with Crippen molar-refractivity contribution in [1.29, 1.82) is 0 Å². The monoisotopic (exact) mass is 240 g/mol. The lowest BCUT2D eigenvalue weighted by molar-refractivity contribution is 0.194. The minimum Gasteiger partial charge on any atom is -0.377 e. The standard InChI is InChI=1S/C6H10O.C2H4O.H3O4P/c1-3-5-7-6-4-2;1-2-3-1;1-5(2,3)4/h3-4H,1-2,5-6H2;1-2H2;(H3,1,2,3,4). The van der Waals surface area contributed by atoms with E-state index in [0.717, 1.165) is 13.2 Å². The Hall–Kier alpha value is -0.490. The van der Waals surface area contributed by atoms with Crippen molar-refractivity contribution in [2.24, 2.45) is 0 Å². The van der Waals surface area contributed by atoms with E-state index >= 15 is 0 Å². The van der Waals surface area contributed by atoms with E-state index in [-0.39, 0.29) is 0 Å². The molecule has 0 aliphatic carbocycles. The highest BCUT2D eigenvalue weighted by molar-refractivity contribution is 7.45. The summed E-state index contributed by atoms with van der Waals surface area (Å²) < 4.78 is 18.3. The van der Waals surface area contributed by atoms with Gasteiger partial charge in [-0.2, -0.15) is 0 Å². The third-order valence-electron chi connectivity index (χ3n) is 0.676. The minimum atomic E-state index is -4.64. The second-order valence-electron chi connectivity index (χ2n) is 2.24. The number of epoxide rings is 1. The Morgan fingerprint density at radius 1 is 1.20 bits per heavy atom. The third-order valence-corrected chi connectivity index (χ3v) is 0.676. The van der Waals surface area contributed by atoms with Gasteiger partial charge in [0.1, 0.15) is 0 Å². The molecule has 0 radical (unpaired) electrons. The van der Waals surface area contributed by atoms with Crippen molar-refractivity contribution in [1.82, 2.24) is 0 Å². The summed E-state index contributed by atoms with van der Waals surface area (Å²) in [7, 11) is -4.64. The highest BCUT2D eigenvalue weighted by Gasteiger charge is 2.00. The van der Waals surface area contributed by atoms with Gasteiger partial charge in [-0.15, -0.1) is 13.2 Å². The first-order chi connectivity index (χ1) is 6.91. The average Bonchev–Trinajstić information content (AvgIpc) is 2.87. The molecule has 0 bridgehead atoms. The van der Waals surface area contributed by atoms with Gasteiger partial charge in [0.25, 0.3) is 0 Å². The number of phosphoric acid groups is 1. The molecule has 1 fully saturated rings. The van der Waals surface area contributed by atoms with Crippen molar-refractivity contribution in [3.05, 3.63) is 25.3 Å². The largest absolute Gasteiger partial charge is 0.466 e. The molecule has 0 aromatic carbocycles. The highest BCUT2D eigenvalue weighted by atomic mass is 31.2. The first-order valence-corrected chi connectivity index (χ1v) is 5.64. The van der Waals surface area contributed by atoms with E-state index in [1.54, 1.807) is 12.2 Å². The van der Waals surface area contributed by atoms with Crippen LogP contribution in [0.5, 0.6) is 0 Å². The summed E-state index contributed by atoms with van der Waals surface area (Å²) in [6, 6.07) is 0. The van der Waals surface area contributed by atoms with E-state index in [9.17, 15) is 0 Å². The fourth-order valence-electron chi connectivity index (χ4n) is 0.235. The molecule has 0 unspecified atom stereocenters. The Morgan fingerprint density at radius 3 is 1.60 bits per heavy atom. The van der Waals surface area contributed by atoms with Crippen molar-refractivity contribution >= 4 is 7.82 Å². The number of hydrogen-bond donors (Lipinski definition) is 3. The van der Waals surface area contributed by atoms with E-state index in [0.29, 0.717) is 13.2 Å². The van der Waals surface area contributed by atoms with Gasteiger partial charge in [-0.05, 0) is 0 Å². The van der Waals surface area contributed by atoms with Crippen LogP contribution in [-0.2, 0) is 14.0 Å². The van der Waals surface area contributed by atoms with Crippen molar-refractivity contribution in [2.45, 2.75) is 0 Å². The second kappa shape index (κ2) is 11.6. The van der Waals surface area contributed by atoms with E-state index in [2.05, 4.69) is 17.9 Å². The summed E-state index contributed by atoms with van der Waals surface area (Å²) in [6.07, 6.45) is 3.42. The lowest BCUT2D eigenvalue weighted by atomic mass is 10.6. The predicted molar refractivity (Wildman–Crippen MR) is 56.3 cm³/mol. The summed E-state index contributed by atoms with van der Waals surface area (Å²) in [5.41, 5.74) is 0. The smallest absolute Gasteiger partial charge is 0.377 e. The number of hydrogen-bond acceptors (Lipinski definition) is 3. The molecule has 1 aliphatic rings. The molecule has 1 saturated heterocycles. The Bertz CT molecular complexity index is 178. The van der Waals surface area contributed by atoms with E-state index in [4.69, 9.17) is 24.0 Å². The van der Waals surface area contributed by atoms with Crippen LogP contribution in [0.4, 0.5) is 0 Å². The molecule has 7 heteroatoms. The van der Waals surface area contributed by atoms with Crippen LogP contribution in [0.25, 0.3) is 0 Å². The van der Waals surface area contributed by atoms with Gasteiger partial charge in [-0.1, -0.05) is 12.2 Å². The topological polar surface area (TPSA) is 99.5 Å². The maximum absolute atomic E-state index is 8.88. The summed E-state index contributed by atoms with van der Waals surface area (Å²) in [5.74, 6) is 0. The summed E-state index contributed by atoms with van der Waals surface area (Å²) in [4.78, 5) is 21.6. The van der Waals surface area contributed by atoms with E-state index in [1.165, 1.54) is 0 Å². The quantitative estimate of drug-likeness (QED) is 0.286. The Kier molecular flexibility index (Phi) is 13.1. The molecule has 0 aromatic heterocycles. The van der Waals surface area contributed by atoms with Gasteiger partial charge in [-0.3, -0.25) is 0 Å². The first kappa shape index (κ1) is 16.9. The molecular formula is C8H17O6P. The van der Waals surface area contributed by atoms with Gasteiger partial charge in [0.15, 0.2) is 0 Å². The maximum Gasteiger partial charge on any atom is 0.466 e. The van der Waals surface area contributed by atoms with Gasteiger partial charge >= 0.3 is 7.82 Å². The third kappa shape index (κ3) is 88.0. The molecule has 90 valence electrons. The fraction of sp³-hybridized carbons (Fsp3) is 0.500. The Labute approximate surface area is 89.1 Å². The molecule has 0 atom stereocenters. The number of ether oxygens (including phenoxy) is 2. The lowest BCUT2D eigenvalue weighted by Gasteiger charge is -1.89. The van der Waals surface area contributed by atoms with Crippen molar-refractivity contribution < 1.29 is 28.7 Å². The van der Waals surface area contributed by atoms with Crippen LogP contribution in [0.1, 0.15) is 0 Å². The SMILES string of the molecule is C1CO1.C=CCOCC=C.O=P(O)(O)O. The molecule has 0 amide bonds. The normalized spacial score (nSPS) is 12.5. The molecule has 3 N–H and O–H groups in total. The van der Waals surface area contributed by atoms with Crippen LogP contribution >= 0.6 is 7.82 Å². The summed E-state index contributed by atoms with van der Waals surface area (Å²) in [6.45, 7) is 10.2.